The summed E-state index contributed by atoms with van der Waals surface area (Å²) in [5.74, 6) is -0.343. The highest BCUT2D eigenvalue weighted by molar-refractivity contribution is 8.03. The highest BCUT2D eigenvalue weighted by Gasteiger charge is 2.34. The first-order chi connectivity index (χ1) is 14.0. The van der Waals surface area contributed by atoms with E-state index >= 15 is 0 Å². The number of rotatable bonds is 8. The zero-order valence-corrected chi connectivity index (χ0v) is 17.9. The molecule has 3 rings (SSSR count). The Morgan fingerprint density at radius 1 is 1.34 bits per heavy atom. The largest absolute Gasteiger partial charge is 0.478 e. The molecule has 158 valence electrons. The molecule has 29 heavy (non-hydrogen) atoms. The minimum atomic E-state index is -0.914. The SMILES string of the molecule is CCCCSC1=C(C(=O)O)C(C)=CC(N2CCOCC2)N1Cc1cccc(F)c1. The molecular formula is C22H29FN2O3S. The number of carbonyl (C=O) groups is 1. The van der Waals surface area contributed by atoms with Crippen molar-refractivity contribution in [3.63, 3.8) is 0 Å². The predicted octanol–water partition coefficient (Wildman–Crippen LogP) is 4.08. The van der Waals surface area contributed by atoms with Gasteiger partial charge in [0.2, 0.25) is 0 Å². The summed E-state index contributed by atoms with van der Waals surface area (Å²) < 4.78 is 19.3. The molecule has 1 aromatic carbocycles. The number of unbranched alkanes of at least 4 members (excludes halogenated alkanes) is 1. The molecule has 1 atom stereocenters. The maximum atomic E-state index is 13.8. The van der Waals surface area contributed by atoms with Gasteiger partial charge in [0, 0.05) is 19.6 Å². The van der Waals surface area contributed by atoms with Crippen molar-refractivity contribution >= 4 is 17.7 Å². The first kappa shape index (κ1) is 21.9. The fourth-order valence-corrected chi connectivity index (χ4v) is 5.06. The Bertz CT molecular complexity index is 790. The lowest BCUT2D eigenvalue weighted by atomic mass is 10.0. The average Bonchev–Trinajstić information content (AvgIpc) is 2.70. The molecule has 1 aromatic rings. The van der Waals surface area contributed by atoms with E-state index in [1.807, 2.05) is 19.1 Å². The molecule has 1 N–H and O–H groups in total. The molecule has 0 aromatic heterocycles. The maximum absolute atomic E-state index is 13.8. The normalized spacial score (nSPS) is 20.7. The van der Waals surface area contributed by atoms with Crippen molar-refractivity contribution < 1.29 is 19.0 Å². The number of thioether (sulfide) groups is 1. The van der Waals surface area contributed by atoms with Crippen molar-refractivity contribution in [2.75, 3.05) is 32.1 Å². The lowest BCUT2D eigenvalue weighted by Gasteiger charge is -2.44. The van der Waals surface area contributed by atoms with E-state index in [9.17, 15) is 14.3 Å². The smallest absolute Gasteiger partial charge is 0.338 e. The Labute approximate surface area is 176 Å². The number of benzene rings is 1. The molecule has 7 heteroatoms. The van der Waals surface area contributed by atoms with Crippen molar-refractivity contribution in [1.82, 2.24) is 9.80 Å². The lowest BCUT2D eigenvalue weighted by Crippen LogP contribution is -2.52. The lowest BCUT2D eigenvalue weighted by molar-refractivity contribution is -0.132. The van der Waals surface area contributed by atoms with Crippen LogP contribution in [0.3, 0.4) is 0 Å². The Morgan fingerprint density at radius 3 is 2.76 bits per heavy atom. The van der Waals surface area contributed by atoms with Crippen LogP contribution in [0.25, 0.3) is 0 Å². The number of ether oxygens (including phenoxy) is 1. The molecule has 0 spiro atoms. The molecule has 5 nitrogen and oxygen atoms in total. The zero-order chi connectivity index (χ0) is 20.8. The number of carboxylic acids is 1. The highest BCUT2D eigenvalue weighted by atomic mass is 32.2. The van der Waals surface area contributed by atoms with Crippen LogP contribution in [-0.4, -0.2) is 59.1 Å². The standard InChI is InChI=1S/C22H29FN2O3S/c1-3-4-12-29-21-20(22(26)27)16(2)13-19(24-8-10-28-11-9-24)25(21)15-17-6-5-7-18(23)14-17/h5-7,13-14,19H,3-4,8-12,15H2,1-2H3,(H,26,27). The van der Waals surface area contributed by atoms with Crippen LogP contribution in [0.4, 0.5) is 4.39 Å². The first-order valence-corrected chi connectivity index (χ1v) is 11.1. The van der Waals surface area contributed by atoms with Gasteiger partial charge in [-0.2, -0.15) is 0 Å². The summed E-state index contributed by atoms with van der Waals surface area (Å²) in [6, 6.07) is 6.54. The Kier molecular flexibility index (Phi) is 7.75. The summed E-state index contributed by atoms with van der Waals surface area (Å²) in [4.78, 5) is 16.5. The minimum Gasteiger partial charge on any atom is -0.478 e. The summed E-state index contributed by atoms with van der Waals surface area (Å²) in [7, 11) is 0. The number of morpholine rings is 1. The van der Waals surface area contributed by atoms with Crippen LogP contribution >= 0.6 is 11.8 Å². The molecular weight excluding hydrogens is 391 g/mol. The van der Waals surface area contributed by atoms with Crippen LogP contribution in [0.15, 0.2) is 46.5 Å². The van der Waals surface area contributed by atoms with Gasteiger partial charge in [-0.1, -0.05) is 25.5 Å². The summed E-state index contributed by atoms with van der Waals surface area (Å²) in [6.07, 6.45) is 4.01. The fourth-order valence-electron chi connectivity index (χ4n) is 3.70. The Hall–Kier alpha value is -1.83. The van der Waals surface area contributed by atoms with Crippen LogP contribution < -0.4 is 0 Å². The maximum Gasteiger partial charge on any atom is 0.338 e. The van der Waals surface area contributed by atoms with Gasteiger partial charge in [0.1, 0.15) is 12.0 Å². The van der Waals surface area contributed by atoms with Gasteiger partial charge in [0.15, 0.2) is 0 Å². The van der Waals surface area contributed by atoms with Crippen LogP contribution in [0.1, 0.15) is 32.3 Å². The number of hydrogen-bond acceptors (Lipinski definition) is 5. The third-order valence-electron chi connectivity index (χ3n) is 5.20. The van der Waals surface area contributed by atoms with E-state index in [4.69, 9.17) is 4.74 Å². The first-order valence-electron chi connectivity index (χ1n) is 10.1. The van der Waals surface area contributed by atoms with Gasteiger partial charge in [0.25, 0.3) is 0 Å². The van der Waals surface area contributed by atoms with E-state index in [2.05, 4.69) is 16.7 Å². The quantitative estimate of drug-likeness (QED) is 0.640. The molecule has 0 saturated carbocycles. The van der Waals surface area contributed by atoms with Gasteiger partial charge in [-0.15, -0.1) is 11.8 Å². The van der Waals surface area contributed by atoms with Crippen LogP contribution in [-0.2, 0) is 16.1 Å². The van der Waals surface area contributed by atoms with E-state index in [1.165, 1.54) is 12.1 Å². The van der Waals surface area contributed by atoms with Gasteiger partial charge >= 0.3 is 5.97 Å². The predicted molar refractivity (Wildman–Crippen MR) is 114 cm³/mol. The summed E-state index contributed by atoms with van der Waals surface area (Å²) in [5, 5.41) is 10.7. The molecule has 2 heterocycles. The molecule has 2 aliphatic heterocycles. The molecule has 1 saturated heterocycles. The van der Waals surface area contributed by atoms with Crippen molar-refractivity contribution in [2.45, 2.75) is 39.4 Å². The number of carboxylic acid groups (broad SMARTS) is 1. The van der Waals surface area contributed by atoms with E-state index in [-0.39, 0.29) is 12.0 Å². The molecule has 0 amide bonds. The summed E-state index contributed by atoms with van der Waals surface area (Å²) >= 11 is 1.59. The Balaban J connectivity index is 2.00. The van der Waals surface area contributed by atoms with Crippen molar-refractivity contribution in [3.05, 3.63) is 57.9 Å². The van der Waals surface area contributed by atoms with E-state index < -0.39 is 5.97 Å². The second-order valence-electron chi connectivity index (χ2n) is 7.36. The average molecular weight is 421 g/mol. The molecule has 0 aliphatic carbocycles. The second-order valence-corrected chi connectivity index (χ2v) is 8.44. The monoisotopic (exact) mass is 420 g/mol. The minimum absolute atomic E-state index is 0.0746. The van der Waals surface area contributed by atoms with Gasteiger partial charge < -0.3 is 14.7 Å². The molecule has 1 unspecified atom stereocenters. The van der Waals surface area contributed by atoms with Gasteiger partial charge in [-0.05, 0) is 48.4 Å². The van der Waals surface area contributed by atoms with Gasteiger partial charge in [-0.25, -0.2) is 9.18 Å². The third kappa shape index (κ3) is 5.41. The van der Waals surface area contributed by atoms with Gasteiger partial charge in [0.05, 0.1) is 23.8 Å². The molecule has 0 bridgehead atoms. The van der Waals surface area contributed by atoms with Crippen molar-refractivity contribution in [3.8, 4) is 0 Å². The van der Waals surface area contributed by atoms with E-state index in [1.54, 1.807) is 17.8 Å². The summed E-state index contributed by atoms with van der Waals surface area (Å²) in [6.45, 7) is 7.33. The number of hydrogen-bond donors (Lipinski definition) is 1. The molecule has 0 radical (unpaired) electrons. The van der Waals surface area contributed by atoms with Crippen molar-refractivity contribution in [2.24, 2.45) is 0 Å². The third-order valence-corrected chi connectivity index (χ3v) is 6.40. The number of nitrogens with zero attached hydrogens (tertiary/aromatic N) is 2. The van der Waals surface area contributed by atoms with Crippen molar-refractivity contribution in [1.29, 1.82) is 0 Å². The van der Waals surface area contributed by atoms with Gasteiger partial charge in [-0.3, -0.25) is 4.90 Å². The number of halogens is 1. The Morgan fingerprint density at radius 2 is 2.10 bits per heavy atom. The molecule has 2 aliphatic rings. The fraction of sp³-hybridized carbons (Fsp3) is 0.500. The summed E-state index contributed by atoms with van der Waals surface area (Å²) in [5.41, 5.74) is 1.96. The topological polar surface area (TPSA) is 53.0 Å². The van der Waals surface area contributed by atoms with E-state index in [0.717, 1.165) is 47.8 Å². The van der Waals surface area contributed by atoms with Crippen LogP contribution in [0.5, 0.6) is 0 Å². The van der Waals surface area contributed by atoms with Crippen LogP contribution in [0, 0.1) is 5.82 Å². The van der Waals surface area contributed by atoms with Crippen LogP contribution in [0.2, 0.25) is 0 Å². The zero-order valence-electron chi connectivity index (χ0n) is 17.1. The highest BCUT2D eigenvalue weighted by Crippen LogP contribution is 2.37. The number of aliphatic carboxylic acids is 1. The second kappa shape index (κ2) is 10.3. The molecule has 1 fully saturated rings. The van der Waals surface area contributed by atoms with E-state index in [0.29, 0.717) is 25.3 Å².